The van der Waals surface area contributed by atoms with Crippen LogP contribution in [0.5, 0.6) is 0 Å². The van der Waals surface area contributed by atoms with E-state index in [1.807, 2.05) is 0 Å². The molecule has 5 rings (SSSR count). The van der Waals surface area contributed by atoms with E-state index in [1.54, 1.807) is 0 Å². The van der Waals surface area contributed by atoms with Gasteiger partial charge in [0, 0.05) is 5.92 Å². The quantitative estimate of drug-likeness (QED) is 0.579. The first kappa shape index (κ1) is 16.6. The Morgan fingerprint density at radius 1 is 0.840 bits per heavy atom. The third-order valence-electron chi connectivity index (χ3n) is 10.1. The molecule has 4 aliphatic carbocycles. The average molecular weight is 345 g/mol. The van der Waals surface area contributed by atoms with E-state index in [0.717, 1.165) is 29.6 Å². The molecule has 0 N–H and O–H groups in total. The van der Waals surface area contributed by atoms with Crippen LogP contribution in [0, 0.1) is 46.3 Å². The molecule has 1 saturated heterocycles. The molecular formula is C23H36O2. The zero-order valence-corrected chi connectivity index (χ0v) is 16.3. The molecule has 140 valence electrons. The van der Waals surface area contributed by atoms with E-state index in [9.17, 15) is 4.79 Å². The number of hydrogen-bond donors (Lipinski definition) is 0. The van der Waals surface area contributed by atoms with Gasteiger partial charge in [-0.3, -0.25) is 4.79 Å². The SMILES string of the molecule is CC12CCC3[C@@H](CC[C@@H]4CCCC[C@]34C)[C@H]1CC[C@@H]2[C@@H]1COC(=O)C1. The molecule has 2 nitrogen and oxygen atoms in total. The fourth-order valence-corrected chi connectivity index (χ4v) is 8.90. The van der Waals surface area contributed by atoms with Gasteiger partial charge >= 0.3 is 5.97 Å². The second kappa shape index (κ2) is 5.73. The van der Waals surface area contributed by atoms with Gasteiger partial charge in [-0.1, -0.05) is 26.7 Å². The fourth-order valence-electron chi connectivity index (χ4n) is 8.90. The van der Waals surface area contributed by atoms with Crippen LogP contribution in [0.15, 0.2) is 0 Å². The van der Waals surface area contributed by atoms with Crippen molar-refractivity contribution in [2.24, 2.45) is 46.3 Å². The maximum atomic E-state index is 11.7. The van der Waals surface area contributed by atoms with Crippen molar-refractivity contribution in [1.82, 2.24) is 0 Å². The van der Waals surface area contributed by atoms with Gasteiger partial charge in [0.2, 0.25) is 0 Å². The molecule has 0 spiro atoms. The van der Waals surface area contributed by atoms with Gasteiger partial charge in [0.05, 0.1) is 13.0 Å². The Morgan fingerprint density at radius 3 is 2.44 bits per heavy atom. The highest BCUT2D eigenvalue weighted by molar-refractivity contribution is 5.71. The van der Waals surface area contributed by atoms with Crippen molar-refractivity contribution in [1.29, 1.82) is 0 Å². The Hall–Kier alpha value is -0.530. The molecule has 4 saturated carbocycles. The number of cyclic esters (lactones) is 1. The highest BCUT2D eigenvalue weighted by atomic mass is 16.5. The summed E-state index contributed by atoms with van der Waals surface area (Å²) in [4.78, 5) is 11.7. The van der Waals surface area contributed by atoms with Gasteiger partial charge in [-0.2, -0.15) is 0 Å². The number of rotatable bonds is 1. The van der Waals surface area contributed by atoms with Crippen molar-refractivity contribution in [2.45, 2.75) is 84.5 Å². The smallest absolute Gasteiger partial charge is 0.306 e. The Bertz CT molecular complexity index is 556. The lowest BCUT2D eigenvalue weighted by Crippen LogP contribution is -2.53. The summed E-state index contributed by atoms with van der Waals surface area (Å²) in [7, 11) is 0. The summed E-state index contributed by atoms with van der Waals surface area (Å²) in [6.45, 7) is 5.98. The molecule has 2 heteroatoms. The third kappa shape index (κ3) is 2.31. The molecule has 0 aromatic carbocycles. The first-order valence-corrected chi connectivity index (χ1v) is 11.2. The first-order chi connectivity index (χ1) is 12.0. The van der Waals surface area contributed by atoms with Gasteiger partial charge in [-0.15, -0.1) is 0 Å². The summed E-state index contributed by atoms with van der Waals surface area (Å²) < 4.78 is 5.36. The van der Waals surface area contributed by atoms with Crippen molar-refractivity contribution in [3.8, 4) is 0 Å². The van der Waals surface area contributed by atoms with Crippen molar-refractivity contribution in [2.75, 3.05) is 6.61 Å². The number of ether oxygens (including phenoxy) is 1. The van der Waals surface area contributed by atoms with Crippen molar-refractivity contribution in [3.63, 3.8) is 0 Å². The van der Waals surface area contributed by atoms with Crippen LogP contribution in [-0.2, 0) is 9.53 Å². The molecule has 5 fully saturated rings. The molecule has 0 bridgehead atoms. The number of hydrogen-bond acceptors (Lipinski definition) is 2. The predicted octanol–water partition coefficient (Wildman–Crippen LogP) is 5.60. The zero-order valence-electron chi connectivity index (χ0n) is 16.3. The molecule has 5 aliphatic rings. The van der Waals surface area contributed by atoms with Gasteiger partial charge in [-0.25, -0.2) is 0 Å². The Kier molecular flexibility index (Phi) is 3.81. The minimum Gasteiger partial charge on any atom is -0.465 e. The van der Waals surface area contributed by atoms with Gasteiger partial charge < -0.3 is 4.74 Å². The predicted molar refractivity (Wildman–Crippen MR) is 98.9 cm³/mol. The van der Waals surface area contributed by atoms with Gasteiger partial charge in [0.15, 0.2) is 0 Å². The van der Waals surface area contributed by atoms with Crippen molar-refractivity contribution >= 4 is 5.97 Å². The van der Waals surface area contributed by atoms with Crippen LogP contribution in [0.1, 0.15) is 84.5 Å². The lowest BCUT2D eigenvalue weighted by Gasteiger charge is -2.60. The zero-order chi connectivity index (χ0) is 17.2. The monoisotopic (exact) mass is 344 g/mol. The van der Waals surface area contributed by atoms with Gasteiger partial charge in [0.1, 0.15) is 0 Å². The normalized spacial score (nSPS) is 55.2. The van der Waals surface area contributed by atoms with Gasteiger partial charge in [-0.05, 0) is 91.8 Å². The Balaban J connectivity index is 1.40. The standard InChI is InChI=1S/C23H36O2/c1-22-11-4-3-5-16(22)6-7-17-19-9-8-18(15-13-21(24)25-14-15)23(19,2)12-10-20(17)22/h15-20H,3-14H2,1-2H3/t15-,16-,17-,18+,19+,20?,22-,23?/m0/s1. The summed E-state index contributed by atoms with van der Waals surface area (Å²) in [5.74, 6) is 5.21. The minimum absolute atomic E-state index is 0.0564. The molecule has 0 aromatic heterocycles. The summed E-state index contributed by atoms with van der Waals surface area (Å²) in [6.07, 6.45) is 15.3. The molecule has 1 heterocycles. The number of carbonyl (C=O) groups is 1. The van der Waals surface area contributed by atoms with E-state index in [2.05, 4.69) is 13.8 Å². The molecule has 0 amide bonds. The van der Waals surface area contributed by atoms with Crippen LogP contribution in [0.25, 0.3) is 0 Å². The molecule has 8 atom stereocenters. The number of esters is 1. The van der Waals surface area contributed by atoms with Crippen molar-refractivity contribution < 1.29 is 9.53 Å². The van der Waals surface area contributed by atoms with E-state index in [0.29, 0.717) is 29.8 Å². The van der Waals surface area contributed by atoms with Gasteiger partial charge in [0.25, 0.3) is 0 Å². The van der Waals surface area contributed by atoms with E-state index >= 15 is 0 Å². The maximum Gasteiger partial charge on any atom is 0.306 e. The highest BCUT2D eigenvalue weighted by Crippen LogP contribution is 2.68. The number of fused-ring (bicyclic) bond motifs is 5. The van der Waals surface area contributed by atoms with E-state index < -0.39 is 0 Å². The van der Waals surface area contributed by atoms with Crippen LogP contribution >= 0.6 is 0 Å². The second-order valence-electron chi connectivity index (χ2n) is 10.8. The van der Waals surface area contributed by atoms with Crippen LogP contribution in [0.4, 0.5) is 0 Å². The largest absolute Gasteiger partial charge is 0.465 e. The summed E-state index contributed by atoms with van der Waals surface area (Å²) >= 11 is 0. The Labute approximate surface area is 153 Å². The third-order valence-corrected chi connectivity index (χ3v) is 10.1. The highest BCUT2D eigenvalue weighted by Gasteiger charge is 2.60. The van der Waals surface area contributed by atoms with E-state index in [4.69, 9.17) is 4.74 Å². The molecular weight excluding hydrogens is 308 g/mol. The molecule has 0 aromatic rings. The minimum atomic E-state index is 0.0564. The molecule has 1 aliphatic heterocycles. The maximum absolute atomic E-state index is 11.7. The molecule has 0 radical (unpaired) electrons. The Morgan fingerprint density at radius 2 is 1.64 bits per heavy atom. The van der Waals surface area contributed by atoms with Crippen LogP contribution < -0.4 is 0 Å². The average Bonchev–Trinajstić information content (AvgIpc) is 3.16. The first-order valence-electron chi connectivity index (χ1n) is 11.2. The van der Waals surface area contributed by atoms with Crippen LogP contribution in [-0.4, -0.2) is 12.6 Å². The topological polar surface area (TPSA) is 26.3 Å². The molecule has 2 unspecified atom stereocenters. The lowest BCUT2D eigenvalue weighted by atomic mass is 9.44. The second-order valence-corrected chi connectivity index (χ2v) is 10.8. The summed E-state index contributed by atoms with van der Waals surface area (Å²) in [5, 5.41) is 0. The van der Waals surface area contributed by atoms with E-state index in [1.165, 1.54) is 64.2 Å². The van der Waals surface area contributed by atoms with Crippen LogP contribution in [0.2, 0.25) is 0 Å². The summed E-state index contributed by atoms with van der Waals surface area (Å²) in [6, 6.07) is 0. The molecule has 25 heavy (non-hydrogen) atoms. The fraction of sp³-hybridized carbons (Fsp3) is 0.957. The lowest BCUT2D eigenvalue weighted by molar-refractivity contribution is -0.137. The number of carbonyl (C=O) groups excluding carboxylic acids is 1. The van der Waals surface area contributed by atoms with Crippen molar-refractivity contribution in [3.05, 3.63) is 0 Å². The van der Waals surface area contributed by atoms with Crippen LogP contribution in [0.3, 0.4) is 0 Å². The van der Waals surface area contributed by atoms with E-state index in [-0.39, 0.29) is 5.97 Å². The summed E-state index contributed by atoms with van der Waals surface area (Å²) in [5.41, 5.74) is 1.13.